The van der Waals surface area contributed by atoms with Crippen molar-refractivity contribution in [2.45, 2.75) is 19.9 Å². The number of methoxy groups -OCH3 is 3. The second kappa shape index (κ2) is 8.87. The van der Waals surface area contributed by atoms with Crippen LogP contribution in [0.4, 0.5) is 5.13 Å². The summed E-state index contributed by atoms with van der Waals surface area (Å²) in [6, 6.07) is 5.26. The van der Waals surface area contributed by atoms with E-state index in [1.165, 1.54) is 25.4 Å². The molecule has 3 aromatic rings. The van der Waals surface area contributed by atoms with Crippen molar-refractivity contribution in [1.82, 2.24) is 20.1 Å². The van der Waals surface area contributed by atoms with Crippen molar-refractivity contribution in [2.75, 3.05) is 33.2 Å². The van der Waals surface area contributed by atoms with Crippen molar-refractivity contribution in [2.24, 2.45) is 0 Å². The van der Waals surface area contributed by atoms with Crippen LogP contribution in [-0.4, -0.2) is 59.8 Å². The van der Waals surface area contributed by atoms with Crippen LogP contribution >= 0.6 is 11.3 Å². The highest BCUT2D eigenvalue weighted by Gasteiger charge is 2.26. The van der Waals surface area contributed by atoms with Gasteiger partial charge in [0.2, 0.25) is 11.7 Å². The van der Waals surface area contributed by atoms with Crippen LogP contribution in [0, 0.1) is 0 Å². The van der Waals surface area contributed by atoms with Crippen LogP contribution in [0.5, 0.6) is 17.2 Å². The zero-order chi connectivity index (χ0) is 22.8. The number of H-pyrrole nitrogens is 1. The third-order valence-electron chi connectivity index (χ3n) is 5.07. The molecule has 32 heavy (non-hydrogen) atoms. The number of fused-ring (bicyclic) bond motifs is 1. The number of amides is 2. The minimum absolute atomic E-state index is 0.156. The Balaban J connectivity index is 1.55. The molecule has 1 aliphatic rings. The molecule has 1 aromatic carbocycles. The van der Waals surface area contributed by atoms with Gasteiger partial charge in [0, 0.05) is 30.3 Å². The number of nitrogens with one attached hydrogen (secondary N) is 2. The number of hydrogen-bond donors (Lipinski definition) is 2. The minimum atomic E-state index is -0.166. The van der Waals surface area contributed by atoms with Crippen molar-refractivity contribution in [1.29, 1.82) is 0 Å². The first-order chi connectivity index (χ1) is 15.4. The number of rotatable bonds is 6. The molecule has 0 saturated carbocycles. The van der Waals surface area contributed by atoms with E-state index < -0.39 is 0 Å². The van der Waals surface area contributed by atoms with Gasteiger partial charge in [-0.15, -0.1) is 0 Å². The maximum absolute atomic E-state index is 13.1. The Labute approximate surface area is 188 Å². The molecular weight excluding hydrogens is 434 g/mol. The SMILES string of the molecule is COc1cc(-c2cc(C(=O)N3CCc4nc(NC(C)=O)sc4C3)[nH]n2)cc(OC)c1OC. The zero-order valence-electron chi connectivity index (χ0n) is 18.1. The molecule has 0 radical (unpaired) electrons. The lowest BCUT2D eigenvalue weighted by atomic mass is 10.1. The van der Waals surface area contributed by atoms with E-state index in [0.29, 0.717) is 53.3 Å². The summed E-state index contributed by atoms with van der Waals surface area (Å²) in [5.74, 6) is 1.16. The lowest BCUT2D eigenvalue weighted by Crippen LogP contribution is -2.35. The molecule has 1 aliphatic heterocycles. The fourth-order valence-electron chi connectivity index (χ4n) is 3.55. The number of anilines is 1. The van der Waals surface area contributed by atoms with Crippen molar-refractivity contribution in [3.63, 3.8) is 0 Å². The first-order valence-corrected chi connectivity index (χ1v) is 10.7. The number of aromatic nitrogens is 3. The summed E-state index contributed by atoms with van der Waals surface area (Å²) >= 11 is 1.39. The topological polar surface area (TPSA) is 119 Å². The number of benzene rings is 1. The molecule has 0 bridgehead atoms. The molecule has 0 fully saturated rings. The second-order valence-electron chi connectivity index (χ2n) is 7.13. The standard InChI is InChI=1S/C21H23N5O5S/c1-11(27)22-21-23-13-5-6-26(10-18(13)32-21)20(28)15-9-14(24-25-15)12-7-16(29-2)19(31-4)17(8-12)30-3/h7-9H,5-6,10H2,1-4H3,(H,24,25)(H,22,23,27). The van der Waals surface area contributed by atoms with Crippen LogP contribution in [0.3, 0.4) is 0 Å². The van der Waals surface area contributed by atoms with Gasteiger partial charge in [-0.1, -0.05) is 11.3 Å². The van der Waals surface area contributed by atoms with E-state index in [1.807, 2.05) is 0 Å². The molecule has 2 amide bonds. The largest absolute Gasteiger partial charge is 0.493 e. The van der Waals surface area contributed by atoms with E-state index in [9.17, 15) is 9.59 Å². The Morgan fingerprint density at radius 2 is 1.84 bits per heavy atom. The Hall–Kier alpha value is -3.60. The minimum Gasteiger partial charge on any atom is -0.493 e. The molecule has 168 valence electrons. The average molecular weight is 458 g/mol. The van der Waals surface area contributed by atoms with E-state index in [1.54, 1.807) is 37.3 Å². The number of ether oxygens (including phenoxy) is 3. The molecule has 0 aliphatic carbocycles. The molecule has 3 heterocycles. The molecule has 4 rings (SSSR count). The quantitative estimate of drug-likeness (QED) is 0.584. The predicted octanol–water partition coefficient (Wildman–Crippen LogP) is 2.72. The second-order valence-corrected chi connectivity index (χ2v) is 8.21. The average Bonchev–Trinajstić information content (AvgIpc) is 3.43. The molecule has 0 atom stereocenters. The molecule has 0 spiro atoms. The van der Waals surface area contributed by atoms with Crippen LogP contribution in [0.1, 0.15) is 28.0 Å². The zero-order valence-corrected chi connectivity index (χ0v) is 19.0. The van der Waals surface area contributed by atoms with Crippen molar-refractivity contribution < 1.29 is 23.8 Å². The smallest absolute Gasteiger partial charge is 0.272 e. The molecular formula is C21H23N5O5S. The van der Waals surface area contributed by atoms with Gasteiger partial charge < -0.3 is 24.4 Å². The summed E-state index contributed by atoms with van der Waals surface area (Å²) in [5, 5.41) is 10.4. The number of thiazole rings is 1. The summed E-state index contributed by atoms with van der Waals surface area (Å²) in [6.07, 6.45) is 0.630. The number of aromatic amines is 1. The lowest BCUT2D eigenvalue weighted by molar-refractivity contribution is -0.114. The van der Waals surface area contributed by atoms with Gasteiger partial charge in [0.1, 0.15) is 5.69 Å². The van der Waals surface area contributed by atoms with E-state index in [2.05, 4.69) is 20.5 Å². The van der Waals surface area contributed by atoms with Gasteiger partial charge in [-0.2, -0.15) is 5.10 Å². The monoisotopic (exact) mass is 457 g/mol. The third-order valence-corrected chi connectivity index (χ3v) is 6.07. The van der Waals surface area contributed by atoms with E-state index in [4.69, 9.17) is 14.2 Å². The van der Waals surface area contributed by atoms with Gasteiger partial charge in [-0.3, -0.25) is 14.7 Å². The van der Waals surface area contributed by atoms with Crippen molar-refractivity contribution in [3.8, 4) is 28.5 Å². The fraction of sp³-hybridized carbons (Fsp3) is 0.333. The molecule has 11 heteroatoms. The van der Waals surface area contributed by atoms with Crippen LogP contribution in [0.2, 0.25) is 0 Å². The summed E-state index contributed by atoms with van der Waals surface area (Å²) in [6.45, 7) is 2.41. The molecule has 2 aromatic heterocycles. The highest BCUT2D eigenvalue weighted by Crippen LogP contribution is 2.41. The highest BCUT2D eigenvalue weighted by atomic mass is 32.1. The molecule has 2 N–H and O–H groups in total. The number of carbonyl (C=O) groups is 2. The molecule has 0 unspecified atom stereocenters. The van der Waals surface area contributed by atoms with E-state index in [-0.39, 0.29) is 11.8 Å². The first-order valence-electron chi connectivity index (χ1n) is 9.84. The number of nitrogens with zero attached hydrogens (tertiary/aromatic N) is 3. The van der Waals surface area contributed by atoms with Gasteiger partial charge in [-0.25, -0.2) is 4.98 Å². The third kappa shape index (κ3) is 4.11. The van der Waals surface area contributed by atoms with Gasteiger partial charge in [0.25, 0.3) is 5.91 Å². The Kier molecular flexibility index (Phi) is 5.99. The molecule has 10 nitrogen and oxygen atoms in total. The van der Waals surface area contributed by atoms with E-state index in [0.717, 1.165) is 16.1 Å². The summed E-state index contributed by atoms with van der Waals surface area (Å²) in [5.41, 5.74) is 2.60. The van der Waals surface area contributed by atoms with Gasteiger partial charge >= 0.3 is 0 Å². The van der Waals surface area contributed by atoms with Crippen LogP contribution in [0.15, 0.2) is 18.2 Å². The Bertz CT molecular complexity index is 1150. The van der Waals surface area contributed by atoms with Crippen molar-refractivity contribution in [3.05, 3.63) is 34.5 Å². The number of hydrogen-bond acceptors (Lipinski definition) is 8. The maximum atomic E-state index is 13.1. The summed E-state index contributed by atoms with van der Waals surface area (Å²) in [4.78, 5) is 31.5. The highest BCUT2D eigenvalue weighted by molar-refractivity contribution is 7.15. The van der Waals surface area contributed by atoms with Crippen molar-refractivity contribution >= 4 is 28.3 Å². The van der Waals surface area contributed by atoms with E-state index >= 15 is 0 Å². The lowest BCUT2D eigenvalue weighted by Gasteiger charge is -2.25. The fourth-order valence-corrected chi connectivity index (χ4v) is 4.62. The van der Waals surface area contributed by atoms with Gasteiger partial charge in [0.05, 0.1) is 39.3 Å². The van der Waals surface area contributed by atoms with Crippen LogP contribution in [0.25, 0.3) is 11.3 Å². The summed E-state index contributed by atoms with van der Waals surface area (Å²) in [7, 11) is 4.63. The first kappa shape index (κ1) is 21.6. The summed E-state index contributed by atoms with van der Waals surface area (Å²) < 4.78 is 16.2. The maximum Gasteiger partial charge on any atom is 0.272 e. The van der Waals surface area contributed by atoms with Gasteiger partial charge in [0.15, 0.2) is 16.6 Å². The predicted molar refractivity (Wildman–Crippen MR) is 119 cm³/mol. The normalized spacial score (nSPS) is 12.8. The number of carbonyl (C=O) groups excluding carboxylic acids is 2. The Morgan fingerprint density at radius 1 is 1.12 bits per heavy atom. The van der Waals surface area contributed by atoms with Crippen LogP contribution in [-0.2, 0) is 17.8 Å². The van der Waals surface area contributed by atoms with Gasteiger partial charge in [-0.05, 0) is 18.2 Å². The van der Waals surface area contributed by atoms with Crippen LogP contribution < -0.4 is 19.5 Å². The molecule has 0 saturated heterocycles. The Morgan fingerprint density at radius 3 is 2.47 bits per heavy atom.